The third-order valence-corrected chi connectivity index (χ3v) is 3.88. The van der Waals surface area contributed by atoms with E-state index < -0.39 is 17.5 Å². The largest absolute Gasteiger partial charge is 0.531 e. The number of halogens is 2. The maximum atomic E-state index is 13.7. The molecule has 5 nitrogen and oxygen atoms in total. The Kier molecular flexibility index (Phi) is 8.11. The van der Waals surface area contributed by atoms with Gasteiger partial charge in [0.05, 0.1) is 5.56 Å². The summed E-state index contributed by atoms with van der Waals surface area (Å²) in [6.45, 7) is 2.08. The molecular weight excluding hydrogens is 455 g/mol. The van der Waals surface area contributed by atoms with Crippen LogP contribution in [0, 0.1) is 24.6 Å². The zero-order valence-corrected chi connectivity index (χ0v) is 18.3. The van der Waals surface area contributed by atoms with Gasteiger partial charge in [-0.25, -0.2) is 8.78 Å². The van der Waals surface area contributed by atoms with Gasteiger partial charge < -0.3 is 20.5 Å². The summed E-state index contributed by atoms with van der Waals surface area (Å²) in [6, 6.07) is 15.6. The maximum Gasteiger partial charge on any atom is 0.256 e. The van der Waals surface area contributed by atoms with E-state index in [4.69, 9.17) is 4.74 Å². The van der Waals surface area contributed by atoms with Gasteiger partial charge in [0.25, 0.3) is 5.91 Å². The number of carbonyl (C=O) groups excluding carboxylic acids is 1. The molecule has 0 saturated heterocycles. The van der Waals surface area contributed by atoms with E-state index in [0.717, 1.165) is 17.7 Å². The number of nitrogens with one attached hydrogen (secondary N) is 2. The van der Waals surface area contributed by atoms with E-state index >= 15 is 0 Å². The van der Waals surface area contributed by atoms with Crippen molar-refractivity contribution in [2.75, 3.05) is 17.4 Å². The van der Waals surface area contributed by atoms with Crippen LogP contribution in [-0.2, 0) is 32.7 Å². The van der Waals surface area contributed by atoms with Gasteiger partial charge in [0.2, 0.25) is 0 Å². The van der Waals surface area contributed by atoms with Crippen molar-refractivity contribution in [2.45, 2.75) is 6.92 Å². The molecule has 0 aliphatic heterocycles. The summed E-state index contributed by atoms with van der Waals surface area (Å²) < 4.78 is 32.1. The molecule has 3 N–H and O–H groups in total. The molecule has 147 valence electrons. The molecule has 3 aromatic carbocycles. The van der Waals surface area contributed by atoms with Crippen molar-refractivity contribution in [3.05, 3.63) is 83.4 Å². The first kappa shape index (κ1) is 22.8. The number of phenols is 1. The average Bonchev–Trinajstić information content (AvgIpc) is 2.65. The Morgan fingerprint density at radius 2 is 1.86 bits per heavy atom. The van der Waals surface area contributed by atoms with Gasteiger partial charge in [0, 0.05) is 44.5 Å². The van der Waals surface area contributed by atoms with E-state index in [1.165, 1.54) is 12.1 Å². The second-order valence-electron chi connectivity index (χ2n) is 6.00. The van der Waals surface area contributed by atoms with Crippen LogP contribution < -0.4 is 15.4 Å². The Morgan fingerprint density at radius 3 is 2.52 bits per heavy atom. The Balaban J connectivity index is 0.00000300. The second kappa shape index (κ2) is 10.3. The van der Waals surface area contributed by atoms with Gasteiger partial charge in [-0.05, 0) is 36.9 Å². The topological polar surface area (TPSA) is 70.6 Å². The molecule has 0 aliphatic rings. The third-order valence-electron chi connectivity index (χ3n) is 3.88. The molecule has 29 heavy (non-hydrogen) atoms. The van der Waals surface area contributed by atoms with Crippen molar-refractivity contribution in [3.8, 4) is 11.5 Å². The molecular formula is C21H17F2N2O3Y-. The van der Waals surface area contributed by atoms with Gasteiger partial charge in [-0.2, -0.15) is 6.07 Å². The minimum atomic E-state index is -0.978. The summed E-state index contributed by atoms with van der Waals surface area (Å²) in [5.74, 6) is -2.01. The number of hydrogen-bond donors (Lipinski definition) is 3. The van der Waals surface area contributed by atoms with Crippen molar-refractivity contribution in [1.29, 1.82) is 0 Å². The van der Waals surface area contributed by atoms with E-state index in [2.05, 4.69) is 16.7 Å². The number of aryl methyl sites for hydroxylation is 1. The normalized spacial score (nSPS) is 10.0. The molecule has 1 radical (unpaired) electrons. The van der Waals surface area contributed by atoms with Crippen LogP contribution in [0.5, 0.6) is 11.5 Å². The van der Waals surface area contributed by atoms with Crippen LogP contribution in [0.4, 0.5) is 20.2 Å². The van der Waals surface area contributed by atoms with E-state index in [1.807, 2.05) is 31.2 Å². The predicted octanol–water partition coefficient (Wildman–Crippen LogP) is 4.48. The molecule has 0 fully saturated rings. The number of carbonyl (C=O) groups is 1. The first-order valence-corrected chi connectivity index (χ1v) is 8.37. The van der Waals surface area contributed by atoms with Crippen molar-refractivity contribution in [3.63, 3.8) is 0 Å². The molecule has 3 rings (SSSR count). The number of hydrogen-bond acceptors (Lipinski definition) is 4. The van der Waals surface area contributed by atoms with Crippen LogP contribution >= 0.6 is 0 Å². The van der Waals surface area contributed by atoms with E-state index in [0.29, 0.717) is 17.5 Å². The summed E-state index contributed by atoms with van der Waals surface area (Å²) in [5.41, 5.74) is 1.28. The van der Waals surface area contributed by atoms with Crippen LogP contribution in [-0.4, -0.2) is 17.7 Å². The number of phenolic OH excluding ortho intramolecular Hbond substituents is 1. The van der Waals surface area contributed by atoms with Crippen molar-refractivity contribution >= 4 is 17.3 Å². The number of benzene rings is 3. The molecule has 0 saturated carbocycles. The fraction of sp³-hybridized carbons (Fsp3) is 0.0952. The fourth-order valence-electron chi connectivity index (χ4n) is 2.39. The summed E-state index contributed by atoms with van der Waals surface area (Å²) in [7, 11) is 0. The molecule has 0 unspecified atom stereocenters. The quantitative estimate of drug-likeness (QED) is 0.281. The van der Waals surface area contributed by atoms with E-state index in [-0.39, 0.29) is 56.4 Å². The summed E-state index contributed by atoms with van der Waals surface area (Å²) in [6.07, 6.45) is 0. The molecule has 3 aromatic rings. The molecule has 0 spiro atoms. The molecule has 1 amide bonds. The van der Waals surface area contributed by atoms with Crippen molar-refractivity contribution in [1.82, 2.24) is 0 Å². The van der Waals surface area contributed by atoms with Gasteiger partial charge in [-0.15, -0.1) is 12.1 Å². The SMILES string of the molecule is Cc1ccc(OCNc2c[c-]c(NC(=O)c3ccc(F)cc3F)cc2O)cc1.[Y]. The molecule has 0 heterocycles. The fourth-order valence-corrected chi connectivity index (χ4v) is 2.39. The molecule has 0 atom stereocenters. The Bertz CT molecular complexity index is 998. The number of anilines is 2. The molecule has 0 aliphatic carbocycles. The number of amides is 1. The smallest absolute Gasteiger partial charge is 0.256 e. The van der Waals surface area contributed by atoms with E-state index in [9.17, 15) is 18.7 Å². The number of rotatable bonds is 6. The van der Waals surface area contributed by atoms with Crippen LogP contribution in [0.25, 0.3) is 0 Å². The Labute approximate surface area is 192 Å². The first-order valence-electron chi connectivity index (χ1n) is 8.37. The maximum absolute atomic E-state index is 13.7. The molecule has 0 aromatic heterocycles. The minimum Gasteiger partial charge on any atom is -0.531 e. The number of aromatic hydroxyl groups is 1. The summed E-state index contributed by atoms with van der Waals surface area (Å²) in [4.78, 5) is 12.1. The van der Waals surface area contributed by atoms with Crippen LogP contribution in [0.2, 0.25) is 0 Å². The molecule has 0 bridgehead atoms. The second-order valence-corrected chi connectivity index (χ2v) is 6.00. The van der Waals surface area contributed by atoms with Crippen molar-refractivity contribution in [2.24, 2.45) is 0 Å². The van der Waals surface area contributed by atoms with E-state index in [1.54, 1.807) is 0 Å². The molecule has 8 heteroatoms. The first-order chi connectivity index (χ1) is 13.4. The average molecular weight is 472 g/mol. The van der Waals surface area contributed by atoms with Crippen LogP contribution in [0.1, 0.15) is 15.9 Å². The van der Waals surface area contributed by atoms with Gasteiger partial charge >= 0.3 is 0 Å². The third kappa shape index (κ3) is 6.24. The monoisotopic (exact) mass is 472 g/mol. The van der Waals surface area contributed by atoms with Gasteiger partial charge in [0.15, 0.2) is 0 Å². The van der Waals surface area contributed by atoms with Gasteiger partial charge in [0.1, 0.15) is 24.1 Å². The Hall–Kier alpha value is -2.51. The van der Waals surface area contributed by atoms with Crippen LogP contribution in [0.15, 0.2) is 54.6 Å². The zero-order chi connectivity index (χ0) is 20.1. The van der Waals surface area contributed by atoms with Crippen molar-refractivity contribution < 1.29 is 56.1 Å². The van der Waals surface area contributed by atoms with Crippen LogP contribution in [0.3, 0.4) is 0 Å². The predicted molar refractivity (Wildman–Crippen MR) is 102 cm³/mol. The van der Waals surface area contributed by atoms with Gasteiger partial charge in [-0.1, -0.05) is 23.4 Å². The Morgan fingerprint density at radius 1 is 1.14 bits per heavy atom. The zero-order valence-electron chi connectivity index (χ0n) is 15.5. The van der Waals surface area contributed by atoms with Gasteiger partial charge in [-0.3, -0.25) is 4.79 Å². The number of ether oxygens (including phenoxy) is 1. The standard InChI is InChI=1S/C21H17F2N2O3.Y/c1-13-2-6-16(7-3-13)28-12-24-19-9-5-15(11-20(19)26)25-21(27)17-8-4-14(22)10-18(17)23;/h2-4,6-11,24,26H,12H2,1H3,(H,25,27);/q-1;. The summed E-state index contributed by atoms with van der Waals surface area (Å²) in [5, 5.41) is 15.4. The minimum absolute atomic E-state index is 0. The summed E-state index contributed by atoms with van der Waals surface area (Å²) >= 11 is 0.